The number of nitrogens with zero attached hydrogens (tertiary/aromatic N) is 2. The summed E-state index contributed by atoms with van der Waals surface area (Å²) >= 11 is 1.62. The maximum Gasteiger partial charge on any atom is 0.317 e. The predicted octanol–water partition coefficient (Wildman–Crippen LogP) is 2.97. The normalized spacial score (nSPS) is 12.0. The van der Waals surface area contributed by atoms with Crippen LogP contribution in [0.2, 0.25) is 0 Å². The number of carbonyl (C=O) groups excluding carboxylic acids is 1. The van der Waals surface area contributed by atoms with Crippen molar-refractivity contribution in [2.75, 3.05) is 13.6 Å². The van der Waals surface area contributed by atoms with Crippen molar-refractivity contribution in [3.8, 4) is 5.75 Å². The second kappa shape index (κ2) is 7.97. The Kier molecular flexibility index (Phi) is 5.98. The van der Waals surface area contributed by atoms with Gasteiger partial charge in [-0.1, -0.05) is 12.1 Å². The molecule has 0 radical (unpaired) electrons. The number of likely N-dealkylation sites (N-methyl/N-ethyl adjacent to an activating group) is 1. The zero-order chi connectivity index (χ0) is 16.8. The molecule has 2 N–H and O–H groups in total. The highest BCUT2D eigenvalue weighted by atomic mass is 32.1. The van der Waals surface area contributed by atoms with Crippen LogP contribution in [0.3, 0.4) is 0 Å². The number of aromatic hydroxyl groups is 1. The van der Waals surface area contributed by atoms with Crippen molar-refractivity contribution in [3.63, 3.8) is 0 Å². The average Bonchev–Trinajstić information content (AvgIpc) is 2.94. The lowest BCUT2D eigenvalue weighted by Gasteiger charge is -2.25. The van der Waals surface area contributed by atoms with Gasteiger partial charge in [0.05, 0.1) is 10.7 Å². The van der Waals surface area contributed by atoms with Gasteiger partial charge in [0.25, 0.3) is 0 Å². The predicted molar refractivity (Wildman–Crippen MR) is 93.0 cm³/mol. The number of nitrogens with one attached hydrogen (secondary N) is 1. The van der Waals surface area contributed by atoms with Gasteiger partial charge in [-0.3, -0.25) is 0 Å². The molecular weight excluding hydrogens is 310 g/mol. The first-order chi connectivity index (χ1) is 11.0. The van der Waals surface area contributed by atoms with Crippen LogP contribution < -0.4 is 5.32 Å². The van der Waals surface area contributed by atoms with Crippen LogP contribution in [0.4, 0.5) is 4.79 Å². The molecule has 2 aromatic rings. The number of aryl methyl sites for hydroxylation is 1. The van der Waals surface area contributed by atoms with Gasteiger partial charge < -0.3 is 15.3 Å². The summed E-state index contributed by atoms with van der Waals surface area (Å²) in [5, 5.41) is 15.3. The molecule has 1 atom stereocenters. The number of thiazole rings is 1. The van der Waals surface area contributed by atoms with Crippen molar-refractivity contribution in [3.05, 3.63) is 45.9 Å². The van der Waals surface area contributed by atoms with Crippen molar-refractivity contribution >= 4 is 17.4 Å². The summed E-state index contributed by atoms with van der Waals surface area (Å²) in [5.74, 6) is 0.254. The molecule has 0 spiro atoms. The molecule has 1 aromatic heterocycles. The molecule has 1 heterocycles. The zero-order valence-electron chi connectivity index (χ0n) is 13.7. The summed E-state index contributed by atoms with van der Waals surface area (Å²) in [4.78, 5) is 18.3. The largest absolute Gasteiger partial charge is 0.508 e. The molecule has 0 aliphatic rings. The topological polar surface area (TPSA) is 65.5 Å². The molecule has 0 aliphatic heterocycles. The van der Waals surface area contributed by atoms with Crippen LogP contribution in [0, 0.1) is 6.92 Å². The second-order valence-electron chi connectivity index (χ2n) is 5.67. The summed E-state index contributed by atoms with van der Waals surface area (Å²) in [6.45, 7) is 4.57. The van der Waals surface area contributed by atoms with Crippen LogP contribution in [-0.2, 0) is 12.8 Å². The standard InChI is InChI=1S/C17H23N3O2S/c1-12(10-14-4-6-16(21)7-5-14)20(3)17(22)18-9-8-15-11-23-13(2)19-15/h4-7,11-12,21H,8-10H2,1-3H3,(H,18,22). The smallest absolute Gasteiger partial charge is 0.317 e. The third kappa shape index (κ3) is 5.25. The molecule has 1 aromatic carbocycles. The monoisotopic (exact) mass is 333 g/mol. The minimum Gasteiger partial charge on any atom is -0.508 e. The number of rotatable bonds is 6. The van der Waals surface area contributed by atoms with Crippen LogP contribution in [0.15, 0.2) is 29.6 Å². The highest BCUT2D eigenvalue weighted by Crippen LogP contribution is 2.13. The molecule has 0 saturated heterocycles. The maximum atomic E-state index is 12.2. The number of hydrogen-bond acceptors (Lipinski definition) is 4. The van der Waals surface area contributed by atoms with Crippen molar-refractivity contribution in [1.82, 2.24) is 15.2 Å². The van der Waals surface area contributed by atoms with Gasteiger partial charge >= 0.3 is 6.03 Å². The van der Waals surface area contributed by atoms with Gasteiger partial charge in [0.1, 0.15) is 5.75 Å². The van der Waals surface area contributed by atoms with E-state index < -0.39 is 0 Å². The summed E-state index contributed by atoms with van der Waals surface area (Å²) in [6, 6.07) is 7.07. The van der Waals surface area contributed by atoms with E-state index in [1.54, 1.807) is 35.4 Å². The highest BCUT2D eigenvalue weighted by Gasteiger charge is 2.15. The van der Waals surface area contributed by atoms with Crippen LogP contribution in [-0.4, -0.2) is 40.7 Å². The first-order valence-corrected chi connectivity index (χ1v) is 8.53. The molecule has 6 heteroatoms. The fourth-order valence-electron chi connectivity index (χ4n) is 2.26. The van der Waals surface area contributed by atoms with Crippen LogP contribution >= 0.6 is 11.3 Å². The number of aromatic nitrogens is 1. The lowest BCUT2D eigenvalue weighted by Crippen LogP contribution is -2.43. The number of hydrogen-bond donors (Lipinski definition) is 2. The molecule has 2 amide bonds. The van der Waals surface area contributed by atoms with Crippen molar-refractivity contribution in [2.45, 2.75) is 32.7 Å². The van der Waals surface area contributed by atoms with E-state index in [4.69, 9.17) is 0 Å². The van der Waals surface area contributed by atoms with Crippen LogP contribution in [0.5, 0.6) is 5.75 Å². The molecule has 0 bridgehead atoms. The number of carbonyl (C=O) groups is 1. The third-order valence-electron chi connectivity index (χ3n) is 3.77. The molecule has 1 unspecified atom stereocenters. The minimum absolute atomic E-state index is 0.0704. The molecule has 23 heavy (non-hydrogen) atoms. The van der Waals surface area contributed by atoms with Crippen molar-refractivity contribution < 1.29 is 9.90 Å². The zero-order valence-corrected chi connectivity index (χ0v) is 14.6. The van der Waals surface area contributed by atoms with E-state index in [1.807, 2.05) is 31.4 Å². The Labute approximate surface area is 141 Å². The Morgan fingerprint density at radius 1 is 1.39 bits per heavy atom. The number of phenolic OH excluding ortho intramolecular Hbond substituents is 1. The highest BCUT2D eigenvalue weighted by molar-refractivity contribution is 7.09. The SMILES string of the molecule is Cc1nc(CCNC(=O)N(C)C(C)Cc2ccc(O)cc2)cs1. The van der Waals surface area contributed by atoms with E-state index in [0.29, 0.717) is 6.54 Å². The number of amides is 2. The Morgan fingerprint density at radius 2 is 2.09 bits per heavy atom. The van der Waals surface area contributed by atoms with Gasteiger partial charge in [0.2, 0.25) is 0 Å². The van der Waals surface area contributed by atoms with E-state index in [0.717, 1.165) is 29.1 Å². The molecule has 0 saturated carbocycles. The maximum absolute atomic E-state index is 12.2. The van der Waals surface area contributed by atoms with Crippen LogP contribution in [0.1, 0.15) is 23.2 Å². The van der Waals surface area contributed by atoms with E-state index >= 15 is 0 Å². The van der Waals surface area contributed by atoms with Crippen LogP contribution in [0.25, 0.3) is 0 Å². The second-order valence-corrected chi connectivity index (χ2v) is 6.73. The summed E-state index contributed by atoms with van der Waals surface area (Å²) in [6.07, 6.45) is 1.49. The van der Waals surface area contributed by atoms with Gasteiger partial charge in [-0.05, 0) is 38.0 Å². The summed E-state index contributed by atoms with van der Waals surface area (Å²) in [5.41, 5.74) is 2.11. The minimum atomic E-state index is -0.0803. The number of phenols is 1. The van der Waals surface area contributed by atoms with E-state index in [2.05, 4.69) is 10.3 Å². The molecule has 124 valence electrons. The fourth-order valence-corrected chi connectivity index (χ4v) is 2.90. The van der Waals surface area contributed by atoms with Gasteiger partial charge in [-0.25, -0.2) is 9.78 Å². The quantitative estimate of drug-likeness (QED) is 0.854. The van der Waals surface area contributed by atoms with Gasteiger partial charge in [-0.2, -0.15) is 0 Å². The Morgan fingerprint density at radius 3 is 2.70 bits per heavy atom. The lowest BCUT2D eigenvalue weighted by atomic mass is 10.1. The first kappa shape index (κ1) is 17.3. The van der Waals surface area contributed by atoms with E-state index in [1.165, 1.54) is 0 Å². The van der Waals surface area contributed by atoms with Gasteiger partial charge in [0.15, 0.2) is 0 Å². The fraction of sp³-hybridized carbons (Fsp3) is 0.412. The third-order valence-corrected chi connectivity index (χ3v) is 4.60. The molecule has 0 aliphatic carbocycles. The van der Waals surface area contributed by atoms with E-state index in [9.17, 15) is 9.90 Å². The summed E-state index contributed by atoms with van der Waals surface area (Å²) in [7, 11) is 1.80. The Balaban J connectivity index is 1.77. The molecule has 2 rings (SSSR count). The lowest BCUT2D eigenvalue weighted by molar-refractivity contribution is 0.194. The Bertz CT molecular complexity index is 640. The van der Waals surface area contributed by atoms with Crippen molar-refractivity contribution in [1.29, 1.82) is 0 Å². The number of urea groups is 1. The average molecular weight is 333 g/mol. The molecular formula is C17H23N3O2S. The summed E-state index contributed by atoms with van der Waals surface area (Å²) < 4.78 is 0. The van der Waals surface area contributed by atoms with Gasteiger partial charge in [-0.15, -0.1) is 11.3 Å². The van der Waals surface area contributed by atoms with E-state index in [-0.39, 0.29) is 17.8 Å². The first-order valence-electron chi connectivity index (χ1n) is 7.65. The number of benzene rings is 1. The molecule has 0 fully saturated rings. The molecule has 5 nitrogen and oxygen atoms in total. The Hall–Kier alpha value is -2.08. The van der Waals surface area contributed by atoms with Crippen molar-refractivity contribution in [2.24, 2.45) is 0 Å². The van der Waals surface area contributed by atoms with Gasteiger partial charge in [0, 0.05) is 31.4 Å².